The number of hydrogen-bond acceptors (Lipinski definition) is 5. The van der Waals surface area contributed by atoms with E-state index in [-0.39, 0.29) is 5.91 Å². The van der Waals surface area contributed by atoms with Crippen molar-refractivity contribution in [2.45, 2.75) is 48.0 Å². The van der Waals surface area contributed by atoms with Crippen LogP contribution in [0, 0.1) is 19.8 Å². The summed E-state index contributed by atoms with van der Waals surface area (Å²) in [6.45, 7) is 15.2. The molecule has 2 aromatic rings. The topological polar surface area (TPSA) is 70.2 Å². The molecule has 0 bridgehead atoms. The zero-order chi connectivity index (χ0) is 20.7. The molecule has 0 aliphatic rings. The number of rotatable bonds is 9. The molecule has 0 aliphatic carbocycles. The first-order chi connectivity index (χ1) is 13.3. The van der Waals surface area contributed by atoms with Crippen molar-refractivity contribution in [2.75, 3.05) is 35.2 Å². The third kappa shape index (κ3) is 5.94. The minimum atomic E-state index is -0.226. The summed E-state index contributed by atoms with van der Waals surface area (Å²) in [5.41, 5.74) is 3.35. The number of nitrogens with one attached hydrogen (secondary N) is 2. The molecule has 1 amide bonds. The molecule has 0 spiro atoms. The van der Waals surface area contributed by atoms with Gasteiger partial charge in [-0.1, -0.05) is 13.8 Å². The van der Waals surface area contributed by atoms with E-state index in [0.29, 0.717) is 23.3 Å². The number of aromatic nitrogens is 2. The largest absolute Gasteiger partial charge is 0.372 e. The highest BCUT2D eigenvalue weighted by atomic mass is 16.1. The van der Waals surface area contributed by atoms with Gasteiger partial charge in [0.05, 0.1) is 0 Å². The molecule has 1 aromatic heterocycles. The van der Waals surface area contributed by atoms with E-state index >= 15 is 0 Å². The predicted molar refractivity (Wildman–Crippen MR) is 117 cm³/mol. The first-order valence-electron chi connectivity index (χ1n) is 10.1. The second-order valence-corrected chi connectivity index (χ2v) is 7.42. The Labute approximate surface area is 168 Å². The van der Waals surface area contributed by atoms with Crippen molar-refractivity contribution in [2.24, 2.45) is 5.92 Å². The number of benzene rings is 1. The van der Waals surface area contributed by atoms with E-state index in [0.717, 1.165) is 43.0 Å². The van der Waals surface area contributed by atoms with E-state index in [1.165, 1.54) is 0 Å². The normalized spacial score (nSPS) is 10.8. The molecule has 1 aromatic carbocycles. The molecule has 2 N–H and O–H groups in total. The Kier molecular flexibility index (Phi) is 7.79. The summed E-state index contributed by atoms with van der Waals surface area (Å²) in [5.74, 6) is 1.65. The maximum Gasteiger partial charge on any atom is 0.274 e. The number of amides is 1. The number of hydrogen-bond donors (Lipinski definition) is 2. The Balaban J connectivity index is 2.13. The average molecular weight is 384 g/mol. The summed E-state index contributed by atoms with van der Waals surface area (Å²) in [6.07, 6.45) is 1.04. The molecule has 152 valence electrons. The molecule has 0 atom stereocenters. The van der Waals surface area contributed by atoms with Gasteiger partial charge in [0.2, 0.25) is 0 Å². The van der Waals surface area contributed by atoms with Gasteiger partial charge in [0.1, 0.15) is 17.3 Å². The van der Waals surface area contributed by atoms with E-state index in [4.69, 9.17) is 0 Å². The van der Waals surface area contributed by atoms with Crippen molar-refractivity contribution >= 4 is 23.1 Å². The summed E-state index contributed by atoms with van der Waals surface area (Å²) in [6, 6.07) is 7.81. The number of anilines is 3. The van der Waals surface area contributed by atoms with Gasteiger partial charge >= 0.3 is 0 Å². The highest BCUT2D eigenvalue weighted by Crippen LogP contribution is 2.23. The van der Waals surface area contributed by atoms with Gasteiger partial charge in [0.15, 0.2) is 0 Å². The molecular weight excluding hydrogens is 350 g/mol. The van der Waals surface area contributed by atoms with Crippen LogP contribution < -0.4 is 15.5 Å². The van der Waals surface area contributed by atoms with Crippen LogP contribution in [0.5, 0.6) is 0 Å². The zero-order valence-electron chi connectivity index (χ0n) is 18.0. The van der Waals surface area contributed by atoms with Crippen molar-refractivity contribution < 1.29 is 4.79 Å². The summed E-state index contributed by atoms with van der Waals surface area (Å²) in [7, 11) is 0. The van der Waals surface area contributed by atoms with Crippen LogP contribution >= 0.6 is 0 Å². The van der Waals surface area contributed by atoms with Crippen LogP contribution in [0.25, 0.3) is 0 Å². The fourth-order valence-electron chi connectivity index (χ4n) is 3.02. The molecular formula is C22H33N5O. The molecule has 0 saturated heterocycles. The number of carbonyl (C=O) groups is 1. The number of aryl methyl sites for hydroxylation is 2. The van der Waals surface area contributed by atoms with Crippen molar-refractivity contribution in [3.8, 4) is 0 Å². The SMILES string of the molecule is CCN(CC)c1ccc(NC(=O)c2cc(NCCC(C)C)nc(C)n2)c(C)c1. The molecule has 0 radical (unpaired) electrons. The Morgan fingerprint density at radius 2 is 1.82 bits per heavy atom. The second kappa shape index (κ2) is 10.1. The van der Waals surface area contributed by atoms with Gasteiger partial charge in [0.25, 0.3) is 5.91 Å². The minimum absolute atomic E-state index is 0.226. The van der Waals surface area contributed by atoms with Crippen LogP contribution in [0.15, 0.2) is 24.3 Å². The van der Waals surface area contributed by atoms with Crippen molar-refractivity contribution in [1.82, 2.24) is 9.97 Å². The third-order valence-corrected chi connectivity index (χ3v) is 4.69. The molecule has 1 heterocycles. The molecule has 6 heteroatoms. The maximum absolute atomic E-state index is 12.7. The third-order valence-electron chi connectivity index (χ3n) is 4.69. The average Bonchev–Trinajstić information content (AvgIpc) is 2.64. The van der Waals surface area contributed by atoms with Crippen LogP contribution in [-0.4, -0.2) is 35.5 Å². The monoisotopic (exact) mass is 383 g/mol. The molecule has 0 unspecified atom stereocenters. The molecule has 0 fully saturated rings. The highest BCUT2D eigenvalue weighted by molar-refractivity contribution is 6.03. The molecule has 0 saturated carbocycles. The lowest BCUT2D eigenvalue weighted by atomic mass is 10.1. The maximum atomic E-state index is 12.7. The standard InChI is InChI=1S/C22H33N5O/c1-7-27(8-2)18-9-10-19(16(5)13-18)26-22(28)20-14-21(25-17(6)24-20)23-12-11-15(3)4/h9-10,13-15H,7-8,11-12H2,1-6H3,(H,26,28)(H,23,24,25). The zero-order valence-corrected chi connectivity index (χ0v) is 18.0. The lowest BCUT2D eigenvalue weighted by molar-refractivity contribution is 0.102. The van der Waals surface area contributed by atoms with E-state index in [1.807, 2.05) is 19.1 Å². The second-order valence-electron chi connectivity index (χ2n) is 7.42. The Morgan fingerprint density at radius 1 is 1.11 bits per heavy atom. The van der Waals surface area contributed by atoms with E-state index < -0.39 is 0 Å². The molecule has 0 aliphatic heterocycles. The minimum Gasteiger partial charge on any atom is -0.372 e. The quantitative estimate of drug-likeness (QED) is 0.659. The Morgan fingerprint density at radius 3 is 2.43 bits per heavy atom. The van der Waals surface area contributed by atoms with Crippen LogP contribution in [-0.2, 0) is 0 Å². The number of nitrogens with zero attached hydrogens (tertiary/aromatic N) is 3. The van der Waals surface area contributed by atoms with Crippen LogP contribution in [0.1, 0.15) is 56.0 Å². The van der Waals surface area contributed by atoms with E-state index in [1.54, 1.807) is 13.0 Å². The molecule has 6 nitrogen and oxygen atoms in total. The molecule has 28 heavy (non-hydrogen) atoms. The van der Waals surface area contributed by atoms with Crippen LogP contribution in [0.2, 0.25) is 0 Å². The van der Waals surface area contributed by atoms with E-state index in [9.17, 15) is 4.79 Å². The van der Waals surface area contributed by atoms with Crippen molar-refractivity contribution in [3.05, 3.63) is 41.3 Å². The van der Waals surface area contributed by atoms with Gasteiger partial charge < -0.3 is 15.5 Å². The van der Waals surface area contributed by atoms with Gasteiger partial charge in [-0.25, -0.2) is 9.97 Å². The Hall–Kier alpha value is -2.63. The van der Waals surface area contributed by atoms with Crippen molar-refractivity contribution in [3.63, 3.8) is 0 Å². The van der Waals surface area contributed by atoms with Crippen molar-refractivity contribution in [1.29, 1.82) is 0 Å². The van der Waals surface area contributed by atoms with E-state index in [2.05, 4.69) is 59.3 Å². The summed E-state index contributed by atoms with van der Waals surface area (Å²) in [4.78, 5) is 23.7. The van der Waals surface area contributed by atoms with Gasteiger partial charge in [-0.15, -0.1) is 0 Å². The van der Waals surface area contributed by atoms with Crippen LogP contribution in [0.3, 0.4) is 0 Å². The fraction of sp³-hybridized carbons (Fsp3) is 0.500. The summed E-state index contributed by atoms with van der Waals surface area (Å²) in [5, 5.41) is 6.27. The summed E-state index contributed by atoms with van der Waals surface area (Å²) < 4.78 is 0. The highest BCUT2D eigenvalue weighted by Gasteiger charge is 2.13. The van der Waals surface area contributed by atoms with Crippen LogP contribution in [0.4, 0.5) is 17.2 Å². The first-order valence-corrected chi connectivity index (χ1v) is 10.1. The van der Waals surface area contributed by atoms with Gasteiger partial charge in [-0.3, -0.25) is 4.79 Å². The smallest absolute Gasteiger partial charge is 0.274 e. The first kappa shape index (κ1) is 21.7. The summed E-state index contributed by atoms with van der Waals surface area (Å²) >= 11 is 0. The van der Waals surface area contributed by atoms with Gasteiger partial charge in [0, 0.05) is 37.1 Å². The van der Waals surface area contributed by atoms with Gasteiger partial charge in [-0.2, -0.15) is 0 Å². The van der Waals surface area contributed by atoms with Gasteiger partial charge in [-0.05, 0) is 63.8 Å². The lowest BCUT2D eigenvalue weighted by Gasteiger charge is -2.22. The number of carbonyl (C=O) groups excluding carboxylic acids is 1. The predicted octanol–water partition coefficient (Wildman–Crippen LogP) is 4.65. The molecule has 2 rings (SSSR count). The Bertz CT molecular complexity index is 800. The fourth-order valence-corrected chi connectivity index (χ4v) is 3.02. The lowest BCUT2D eigenvalue weighted by Crippen LogP contribution is -2.22.